The van der Waals surface area contributed by atoms with Crippen molar-refractivity contribution < 1.29 is 14.6 Å². The molecule has 1 atom stereocenters. The first-order valence-corrected chi connectivity index (χ1v) is 5.67. The number of ether oxygens (including phenoxy) is 1. The van der Waals surface area contributed by atoms with Crippen LogP contribution >= 0.6 is 0 Å². The predicted molar refractivity (Wildman–Crippen MR) is 71.6 cm³/mol. The average molecular weight is 246 g/mol. The van der Waals surface area contributed by atoms with Crippen LogP contribution in [0.3, 0.4) is 0 Å². The van der Waals surface area contributed by atoms with Crippen molar-refractivity contribution in [2.75, 3.05) is 13.2 Å². The summed E-state index contributed by atoms with van der Waals surface area (Å²) in [6.45, 7) is 2.08. The molecule has 18 heavy (non-hydrogen) atoms. The van der Waals surface area contributed by atoms with Gasteiger partial charge >= 0.3 is 0 Å². The Kier molecular flexibility index (Phi) is 10.5. The summed E-state index contributed by atoms with van der Waals surface area (Å²) < 4.78 is 5.04. The number of hydrogen-bond donors (Lipinski definition) is 1. The van der Waals surface area contributed by atoms with Gasteiger partial charge in [0.05, 0.1) is 12.7 Å². The van der Waals surface area contributed by atoms with Crippen molar-refractivity contribution in [3.05, 3.63) is 24.3 Å². The number of terminal acetylenes is 1. The van der Waals surface area contributed by atoms with E-state index in [1.165, 1.54) is 6.92 Å². The van der Waals surface area contributed by atoms with Crippen molar-refractivity contribution in [1.82, 2.24) is 0 Å². The van der Waals surface area contributed by atoms with Gasteiger partial charge in [-0.05, 0) is 13.0 Å². The van der Waals surface area contributed by atoms with Crippen LogP contribution in [0, 0.1) is 24.2 Å². The Bertz CT molecular complexity index is 388. The van der Waals surface area contributed by atoms with Crippen LogP contribution in [-0.4, -0.2) is 30.2 Å². The summed E-state index contributed by atoms with van der Waals surface area (Å²) in [4.78, 5) is 10.5. The second-order valence-electron chi connectivity index (χ2n) is 3.55. The number of ketones is 1. The third-order valence-electron chi connectivity index (χ3n) is 1.73. The van der Waals surface area contributed by atoms with Crippen molar-refractivity contribution in [2.24, 2.45) is 0 Å². The molecule has 96 valence electrons. The molecule has 0 aromatic heterocycles. The molecule has 0 aliphatic carbocycles. The first-order valence-electron chi connectivity index (χ1n) is 5.67. The van der Waals surface area contributed by atoms with Crippen LogP contribution in [0.2, 0.25) is 0 Å². The molecule has 3 nitrogen and oxygen atoms in total. The van der Waals surface area contributed by atoms with Crippen LogP contribution < -0.4 is 0 Å². The molecule has 0 radical (unpaired) electrons. The fraction of sp³-hybridized carbons (Fsp3) is 0.400. The van der Waals surface area contributed by atoms with E-state index in [1.807, 2.05) is 0 Å². The number of aliphatic hydroxyl groups excluding tert-OH is 1. The van der Waals surface area contributed by atoms with E-state index in [-0.39, 0.29) is 12.4 Å². The molecule has 0 aromatic rings. The molecular weight excluding hydrogens is 228 g/mol. The number of aliphatic hydroxyl groups is 1. The van der Waals surface area contributed by atoms with E-state index in [0.717, 1.165) is 0 Å². The van der Waals surface area contributed by atoms with E-state index in [1.54, 1.807) is 24.3 Å². The number of hydrogen-bond acceptors (Lipinski definition) is 3. The van der Waals surface area contributed by atoms with Gasteiger partial charge < -0.3 is 9.84 Å². The largest absolute Gasteiger partial charge is 0.388 e. The molecule has 0 aliphatic heterocycles. The van der Waals surface area contributed by atoms with Crippen molar-refractivity contribution in [3.63, 3.8) is 0 Å². The minimum absolute atomic E-state index is 0.0125. The standard InChI is InChI=1S/C15H18O3/c1-3-10-15(17)11-8-6-4-5-7-9-12-18-13-14(2)16/h1,4,6,8,11,15,17H,9-10,12-13H2,2H3/b6-4+,11-8+/t15-/m1/s1. The Hall–Kier alpha value is -1.81. The molecule has 0 rings (SSSR count). The normalized spacial score (nSPS) is 12.1. The summed E-state index contributed by atoms with van der Waals surface area (Å²) in [7, 11) is 0. The maximum Gasteiger partial charge on any atom is 0.155 e. The highest BCUT2D eigenvalue weighted by Gasteiger charge is 1.91. The number of Topliss-reactive ketones (excluding diaryl/α,β-unsaturated/α-hetero) is 1. The van der Waals surface area contributed by atoms with Gasteiger partial charge in [-0.15, -0.1) is 12.3 Å². The molecule has 0 spiro atoms. The third kappa shape index (κ3) is 12.3. The van der Waals surface area contributed by atoms with E-state index in [4.69, 9.17) is 11.2 Å². The molecule has 0 heterocycles. The molecule has 0 saturated carbocycles. The monoisotopic (exact) mass is 246 g/mol. The minimum atomic E-state index is -0.604. The van der Waals surface area contributed by atoms with Crippen LogP contribution in [0.5, 0.6) is 0 Å². The van der Waals surface area contributed by atoms with Gasteiger partial charge in [-0.2, -0.15) is 0 Å². The summed E-state index contributed by atoms with van der Waals surface area (Å²) in [5.74, 6) is 8.06. The molecule has 0 amide bonds. The fourth-order valence-corrected chi connectivity index (χ4v) is 0.955. The molecule has 0 fully saturated rings. The molecule has 0 aliphatic rings. The summed E-state index contributed by atoms with van der Waals surface area (Å²) in [6.07, 6.45) is 12.0. The van der Waals surface area contributed by atoms with Gasteiger partial charge in [-0.1, -0.05) is 30.1 Å². The number of allylic oxidation sites excluding steroid dienone is 3. The van der Waals surface area contributed by atoms with Crippen molar-refractivity contribution in [1.29, 1.82) is 0 Å². The molecule has 3 heteroatoms. The van der Waals surface area contributed by atoms with Gasteiger partial charge in [-0.25, -0.2) is 0 Å². The lowest BCUT2D eigenvalue weighted by atomic mass is 10.2. The number of carbonyl (C=O) groups is 1. The second-order valence-corrected chi connectivity index (χ2v) is 3.55. The highest BCUT2D eigenvalue weighted by Crippen LogP contribution is 1.91. The fourth-order valence-electron chi connectivity index (χ4n) is 0.955. The van der Waals surface area contributed by atoms with E-state index < -0.39 is 6.10 Å². The molecule has 0 unspecified atom stereocenters. The van der Waals surface area contributed by atoms with E-state index in [2.05, 4.69) is 17.8 Å². The molecule has 1 N–H and O–H groups in total. The van der Waals surface area contributed by atoms with Crippen molar-refractivity contribution >= 4 is 5.78 Å². The van der Waals surface area contributed by atoms with Crippen LogP contribution in [0.15, 0.2) is 24.3 Å². The second kappa shape index (κ2) is 11.7. The lowest BCUT2D eigenvalue weighted by Crippen LogP contribution is -2.04. The molecule has 0 aromatic carbocycles. The van der Waals surface area contributed by atoms with Crippen LogP contribution in [0.25, 0.3) is 0 Å². The Labute approximate surface area is 109 Å². The minimum Gasteiger partial charge on any atom is -0.388 e. The van der Waals surface area contributed by atoms with Crippen molar-refractivity contribution in [2.45, 2.75) is 25.9 Å². The van der Waals surface area contributed by atoms with Gasteiger partial charge in [0.1, 0.15) is 6.61 Å². The topological polar surface area (TPSA) is 46.5 Å². The summed E-state index contributed by atoms with van der Waals surface area (Å²) >= 11 is 0. The van der Waals surface area contributed by atoms with Gasteiger partial charge in [0, 0.05) is 12.8 Å². The highest BCUT2D eigenvalue weighted by molar-refractivity contribution is 5.76. The summed E-state index contributed by atoms with van der Waals surface area (Å²) in [5, 5.41) is 9.25. The third-order valence-corrected chi connectivity index (χ3v) is 1.73. The SMILES string of the molecule is C#CC[C@@H](O)/C=C/C=C/C#CCCOCC(C)=O. The zero-order chi connectivity index (χ0) is 13.6. The molecule has 0 saturated heterocycles. The van der Waals surface area contributed by atoms with Gasteiger partial charge in [0.2, 0.25) is 0 Å². The predicted octanol–water partition coefficient (Wildman–Crippen LogP) is 1.48. The van der Waals surface area contributed by atoms with Gasteiger partial charge in [0.25, 0.3) is 0 Å². The molecular formula is C15H18O3. The summed E-state index contributed by atoms with van der Waals surface area (Å²) in [5.41, 5.74) is 0. The zero-order valence-corrected chi connectivity index (χ0v) is 10.6. The lowest BCUT2D eigenvalue weighted by molar-refractivity contribution is -0.121. The zero-order valence-electron chi connectivity index (χ0n) is 10.6. The van der Waals surface area contributed by atoms with Gasteiger partial charge in [0.15, 0.2) is 5.78 Å². The van der Waals surface area contributed by atoms with E-state index in [0.29, 0.717) is 19.4 Å². The Balaban J connectivity index is 3.64. The maximum atomic E-state index is 10.5. The van der Waals surface area contributed by atoms with E-state index in [9.17, 15) is 9.90 Å². The number of rotatable bonds is 7. The Morgan fingerprint density at radius 3 is 2.94 bits per heavy atom. The molecule has 0 bridgehead atoms. The highest BCUT2D eigenvalue weighted by atomic mass is 16.5. The van der Waals surface area contributed by atoms with E-state index >= 15 is 0 Å². The van der Waals surface area contributed by atoms with Crippen LogP contribution in [0.4, 0.5) is 0 Å². The summed E-state index contributed by atoms with van der Waals surface area (Å²) in [6, 6.07) is 0. The first kappa shape index (κ1) is 16.2. The lowest BCUT2D eigenvalue weighted by Gasteiger charge is -1.95. The average Bonchev–Trinajstić information content (AvgIpc) is 2.31. The number of carbonyl (C=O) groups excluding carboxylic acids is 1. The maximum absolute atomic E-state index is 10.5. The smallest absolute Gasteiger partial charge is 0.155 e. The first-order chi connectivity index (χ1) is 8.66. The van der Waals surface area contributed by atoms with Gasteiger partial charge in [-0.3, -0.25) is 4.79 Å². The van der Waals surface area contributed by atoms with Crippen LogP contribution in [0.1, 0.15) is 19.8 Å². The Morgan fingerprint density at radius 1 is 1.50 bits per heavy atom. The van der Waals surface area contributed by atoms with Crippen LogP contribution in [-0.2, 0) is 9.53 Å². The quantitative estimate of drug-likeness (QED) is 0.420. The Morgan fingerprint density at radius 2 is 2.28 bits per heavy atom. The van der Waals surface area contributed by atoms with Crippen molar-refractivity contribution in [3.8, 4) is 24.2 Å².